The van der Waals surface area contributed by atoms with Gasteiger partial charge in [-0.05, 0) is 42.1 Å². The molecule has 0 unspecified atom stereocenters. The van der Waals surface area contributed by atoms with Crippen LogP contribution >= 0.6 is 23.1 Å². The number of anilines is 1. The molecule has 6 heteroatoms. The zero-order valence-electron chi connectivity index (χ0n) is 10.9. The van der Waals surface area contributed by atoms with Crippen molar-refractivity contribution in [2.45, 2.75) is 9.37 Å². The summed E-state index contributed by atoms with van der Waals surface area (Å²) in [5, 5.41) is 1.84. The largest absolute Gasteiger partial charge is 0.399 e. The second-order valence-electron chi connectivity index (χ2n) is 4.50. The molecule has 0 atom stereocenters. The number of thiazole rings is 1. The predicted molar refractivity (Wildman–Crippen MR) is 87.7 cm³/mol. The van der Waals surface area contributed by atoms with Crippen LogP contribution in [0.2, 0.25) is 0 Å². The Kier molecular flexibility index (Phi) is 2.98. The Morgan fingerprint density at radius 2 is 1.90 bits per heavy atom. The maximum Gasteiger partial charge on any atom is 0.157 e. The first-order valence-electron chi connectivity index (χ1n) is 6.33. The fourth-order valence-corrected chi connectivity index (χ4v) is 4.16. The van der Waals surface area contributed by atoms with Gasteiger partial charge in [-0.2, -0.15) is 0 Å². The number of rotatable bonds is 2. The number of fused-ring (bicyclic) bond motifs is 2. The third-order valence-corrected chi connectivity index (χ3v) is 5.20. The summed E-state index contributed by atoms with van der Waals surface area (Å²) in [6, 6.07) is 13.8. The normalized spacial score (nSPS) is 11.2. The van der Waals surface area contributed by atoms with Gasteiger partial charge < -0.3 is 5.73 Å². The number of hydrogen-bond acceptors (Lipinski definition) is 6. The highest BCUT2D eigenvalue weighted by molar-refractivity contribution is 8.01. The van der Waals surface area contributed by atoms with Gasteiger partial charge in [-0.15, -0.1) is 11.3 Å². The molecule has 2 aromatic heterocycles. The molecule has 0 radical (unpaired) electrons. The van der Waals surface area contributed by atoms with Gasteiger partial charge in [-0.1, -0.05) is 12.1 Å². The number of aromatic nitrogens is 3. The topological polar surface area (TPSA) is 64.7 Å². The van der Waals surface area contributed by atoms with Gasteiger partial charge in [0, 0.05) is 11.1 Å². The Morgan fingerprint density at radius 3 is 2.81 bits per heavy atom. The molecule has 4 aromatic rings. The summed E-state index contributed by atoms with van der Waals surface area (Å²) in [6.07, 6.45) is 1.58. The number of nitrogens with zero attached hydrogens (tertiary/aromatic N) is 3. The minimum Gasteiger partial charge on any atom is -0.399 e. The van der Waals surface area contributed by atoms with Crippen molar-refractivity contribution in [3.8, 4) is 0 Å². The predicted octanol–water partition coefficient (Wildman–Crippen LogP) is 3.97. The van der Waals surface area contributed by atoms with Crippen LogP contribution in [0.3, 0.4) is 0 Å². The average molecular weight is 310 g/mol. The number of para-hydroxylation sites is 1. The van der Waals surface area contributed by atoms with E-state index in [1.807, 2.05) is 36.4 Å². The van der Waals surface area contributed by atoms with Gasteiger partial charge in [0.25, 0.3) is 0 Å². The highest BCUT2D eigenvalue weighted by Crippen LogP contribution is 2.36. The van der Waals surface area contributed by atoms with Crippen molar-refractivity contribution in [1.29, 1.82) is 0 Å². The molecule has 0 aliphatic heterocycles. The molecule has 0 aliphatic rings. The van der Waals surface area contributed by atoms with E-state index in [4.69, 9.17) is 5.73 Å². The van der Waals surface area contributed by atoms with Crippen LogP contribution in [-0.2, 0) is 0 Å². The Bertz CT molecular complexity index is 916. The van der Waals surface area contributed by atoms with Crippen molar-refractivity contribution in [2.24, 2.45) is 0 Å². The molecule has 2 aromatic carbocycles. The van der Waals surface area contributed by atoms with E-state index >= 15 is 0 Å². The fraction of sp³-hybridized carbons (Fsp3) is 0. The molecular formula is C15H10N4S2. The van der Waals surface area contributed by atoms with Gasteiger partial charge in [0.15, 0.2) is 4.34 Å². The van der Waals surface area contributed by atoms with Crippen molar-refractivity contribution in [3.63, 3.8) is 0 Å². The molecule has 2 heterocycles. The summed E-state index contributed by atoms with van der Waals surface area (Å²) in [5.74, 6) is 0. The van der Waals surface area contributed by atoms with Crippen LogP contribution < -0.4 is 5.73 Å². The van der Waals surface area contributed by atoms with Crippen LogP contribution in [0.25, 0.3) is 21.1 Å². The van der Waals surface area contributed by atoms with Crippen molar-refractivity contribution in [3.05, 3.63) is 48.8 Å². The van der Waals surface area contributed by atoms with E-state index in [-0.39, 0.29) is 0 Å². The van der Waals surface area contributed by atoms with Gasteiger partial charge in [0.05, 0.1) is 15.7 Å². The van der Waals surface area contributed by atoms with Crippen LogP contribution in [0, 0.1) is 0 Å². The number of nitrogen functional groups attached to an aromatic ring is 1. The van der Waals surface area contributed by atoms with Gasteiger partial charge in [0.2, 0.25) is 0 Å². The van der Waals surface area contributed by atoms with Crippen molar-refractivity contribution in [1.82, 2.24) is 15.0 Å². The second kappa shape index (κ2) is 4.98. The average Bonchev–Trinajstić information content (AvgIpc) is 2.90. The molecular weight excluding hydrogens is 300 g/mol. The Morgan fingerprint density at radius 1 is 1.00 bits per heavy atom. The maximum atomic E-state index is 5.87. The lowest BCUT2D eigenvalue weighted by molar-refractivity contribution is 1.10. The molecule has 0 saturated carbocycles. The number of hydrogen-bond donors (Lipinski definition) is 1. The van der Waals surface area contributed by atoms with E-state index in [0.717, 1.165) is 25.8 Å². The number of nitrogens with two attached hydrogens (primary N) is 1. The van der Waals surface area contributed by atoms with Crippen LogP contribution in [0.5, 0.6) is 0 Å². The molecule has 4 rings (SSSR count). The monoisotopic (exact) mass is 310 g/mol. The van der Waals surface area contributed by atoms with E-state index < -0.39 is 0 Å². The maximum absolute atomic E-state index is 5.87. The quantitative estimate of drug-likeness (QED) is 0.448. The van der Waals surface area contributed by atoms with Crippen LogP contribution in [0.4, 0.5) is 5.69 Å². The van der Waals surface area contributed by atoms with Crippen molar-refractivity contribution >= 4 is 49.9 Å². The highest BCUT2D eigenvalue weighted by atomic mass is 32.2. The SMILES string of the molecule is Nc1ccc2ncnc(Sc3nc4ccccc4s3)c2c1. The molecule has 0 fully saturated rings. The summed E-state index contributed by atoms with van der Waals surface area (Å²) < 4.78 is 2.15. The smallest absolute Gasteiger partial charge is 0.157 e. The molecule has 0 amide bonds. The molecule has 0 spiro atoms. The lowest BCUT2D eigenvalue weighted by Crippen LogP contribution is -1.89. The van der Waals surface area contributed by atoms with Crippen molar-refractivity contribution in [2.75, 3.05) is 5.73 Å². The van der Waals surface area contributed by atoms with Crippen LogP contribution in [-0.4, -0.2) is 15.0 Å². The Hall–Kier alpha value is -2.18. The minimum absolute atomic E-state index is 0.712. The van der Waals surface area contributed by atoms with Gasteiger partial charge in [-0.25, -0.2) is 15.0 Å². The summed E-state index contributed by atoms with van der Waals surface area (Å²) in [7, 11) is 0. The second-order valence-corrected chi connectivity index (χ2v) is 6.77. The van der Waals surface area contributed by atoms with E-state index in [9.17, 15) is 0 Å². The first-order valence-corrected chi connectivity index (χ1v) is 7.96. The first-order chi connectivity index (χ1) is 10.3. The fourth-order valence-electron chi connectivity index (χ4n) is 2.11. The third kappa shape index (κ3) is 2.32. The third-order valence-electron chi connectivity index (χ3n) is 3.08. The summed E-state index contributed by atoms with van der Waals surface area (Å²) in [5.41, 5.74) is 8.49. The number of benzene rings is 2. The molecule has 4 nitrogen and oxygen atoms in total. The van der Waals surface area contributed by atoms with Gasteiger partial charge in [0.1, 0.15) is 11.4 Å². The molecule has 2 N–H and O–H groups in total. The van der Waals surface area contributed by atoms with E-state index in [2.05, 4.69) is 21.0 Å². The Labute approximate surface area is 129 Å². The minimum atomic E-state index is 0.712. The lowest BCUT2D eigenvalue weighted by atomic mass is 10.2. The first kappa shape index (κ1) is 12.6. The van der Waals surface area contributed by atoms with Crippen molar-refractivity contribution < 1.29 is 0 Å². The lowest BCUT2D eigenvalue weighted by Gasteiger charge is -2.03. The summed E-state index contributed by atoms with van der Waals surface area (Å²) in [4.78, 5) is 13.3. The van der Waals surface area contributed by atoms with E-state index in [1.165, 1.54) is 4.70 Å². The van der Waals surface area contributed by atoms with Crippen LogP contribution in [0.15, 0.2) is 58.2 Å². The van der Waals surface area contributed by atoms with E-state index in [0.29, 0.717) is 5.69 Å². The standard InChI is InChI=1S/C15H10N4S2/c16-9-5-6-11-10(7-9)14(18-8-17-11)21-15-19-12-3-1-2-4-13(12)20-15/h1-8H,16H2. The molecule has 0 bridgehead atoms. The van der Waals surface area contributed by atoms with Gasteiger partial charge in [-0.3, -0.25) is 0 Å². The molecule has 102 valence electrons. The summed E-state index contributed by atoms with van der Waals surface area (Å²) >= 11 is 3.22. The zero-order chi connectivity index (χ0) is 14.2. The highest BCUT2D eigenvalue weighted by Gasteiger charge is 2.10. The zero-order valence-corrected chi connectivity index (χ0v) is 12.5. The van der Waals surface area contributed by atoms with Crippen LogP contribution in [0.1, 0.15) is 0 Å². The Balaban J connectivity index is 1.81. The summed E-state index contributed by atoms with van der Waals surface area (Å²) in [6.45, 7) is 0. The van der Waals surface area contributed by atoms with Gasteiger partial charge >= 0.3 is 0 Å². The molecule has 0 aliphatic carbocycles. The van der Waals surface area contributed by atoms with E-state index in [1.54, 1.807) is 29.4 Å². The molecule has 0 saturated heterocycles. The molecule has 21 heavy (non-hydrogen) atoms.